The lowest BCUT2D eigenvalue weighted by Crippen LogP contribution is -2.42. The van der Waals surface area contributed by atoms with Gasteiger partial charge in [0.2, 0.25) is 11.8 Å². The van der Waals surface area contributed by atoms with Gasteiger partial charge in [0.1, 0.15) is 11.9 Å². The van der Waals surface area contributed by atoms with Gasteiger partial charge in [-0.3, -0.25) is 9.59 Å². The molecule has 0 atom stereocenters. The molecule has 2 amide bonds. The Hall–Kier alpha value is -3.20. The number of nitrogens with zero attached hydrogens (tertiary/aromatic N) is 2. The molecule has 1 heterocycles. The van der Waals surface area contributed by atoms with E-state index in [0.717, 1.165) is 0 Å². The molecule has 2 aromatic rings. The van der Waals surface area contributed by atoms with Gasteiger partial charge in [-0.25, -0.2) is 4.39 Å². The summed E-state index contributed by atoms with van der Waals surface area (Å²) in [6.45, 7) is 0.927. The summed E-state index contributed by atoms with van der Waals surface area (Å²) >= 11 is 0. The lowest BCUT2D eigenvalue weighted by Gasteiger charge is -2.31. The molecule has 0 unspecified atom stereocenters. The molecule has 6 heteroatoms. The molecule has 0 aliphatic carbocycles. The van der Waals surface area contributed by atoms with Gasteiger partial charge in [-0.1, -0.05) is 30.3 Å². The van der Waals surface area contributed by atoms with Crippen molar-refractivity contribution in [1.29, 1.82) is 5.26 Å². The van der Waals surface area contributed by atoms with Crippen LogP contribution in [0.3, 0.4) is 0 Å². The van der Waals surface area contributed by atoms with Crippen molar-refractivity contribution in [2.24, 2.45) is 5.92 Å². The first-order valence-corrected chi connectivity index (χ1v) is 8.89. The zero-order valence-corrected chi connectivity index (χ0v) is 14.8. The first-order chi connectivity index (χ1) is 13.1. The first-order valence-electron chi connectivity index (χ1n) is 8.89. The number of benzene rings is 2. The van der Waals surface area contributed by atoms with E-state index in [1.54, 1.807) is 47.4 Å². The number of nitriles is 1. The molecule has 1 fully saturated rings. The molecule has 27 heavy (non-hydrogen) atoms. The Morgan fingerprint density at radius 2 is 1.78 bits per heavy atom. The van der Waals surface area contributed by atoms with Crippen LogP contribution in [0.1, 0.15) is 24.0 Å². The molecular weight excluding hydrogens is 345 g/mol. The van der Waals surface area contributed by atoms with Crippen molar-refractivity contribution >= 4 is 17.5 Å². The van der Waals surface area contributed by atoms with Gasteiger partial charge < -0.3 is 10.2 Å². The number of likely N-dealkylation sites (tertiary alicyclic amines) is 1. The van der Waals surface area contributed by atoms with Crippen LogP contribution in [0.15, 0.2) is 48.5 Å². The van der Waals surface area contributed by atoms with Gasteiger partial charge in [0.05, 0.1) is 17.7 Å². The number of amides is 2. The summed E-state index contributed by atoms with van der Waals surface area (Å²) in [4.78, 5) is 26.5. The minimum atomic E-state index is -0.378. The van der Waals surface area contributed by atoms with Crippen LogP contribution in [-0.2, 0) is 16.0 Å². The lowest BCUT2D eigenvalue weighted by atomic mass is 9.95. The van der Waals surface area contributed by atoms with Crippen molar-refractivity contribution in [2.45, 2.75) is 19.3 Å². The maximum Gasteiger partial charge on any atom is 0.227 e. The molecular formula is C21H20FN3O2. The second kappa shape index (κ2) is 8.45. The quantitative estimate of drug-likeness (QED) is 0.905. The Kier molecular flexibility index (Phi) is 5.82. The van der Waals surface area contributed by atoms with Crippen molar-refractivity contribution < 1.29 is 14.0 Å². The van der Waals surface area contributed by atoms with Crippen LogP contribution < -0.4 is 5.32 Å². The monoisotopic (exact) mass is 365 g/mol. The largest absolute Gasteiger partial charge is 0.342 e. The molecule has 0 bridgehead atoms. The van der Waals surface area contributed by atoms with Gasteiger partial charge in [-0.2, -0.15) is 5.26 Å². The summed E-state index contributed by atoms with van der Waals surface area (Å²) in [5.41, 5.74) is 1.31. The van der Waals surface area contributed by atoms with E-state index in [-0.39, 0.29) is 30.0 Å². The van der Waals surface area contributed by atoms with E-state index in [4.69, 9.17) is 5.26 Å². The van der Waals surface area contributed by atoms with Gasteiger partial charge in [0.15, 0.2) is 0 Å². The van der Waals surface area contributed by atoms with Crippen LogP contribution in [0.4, 0.5) is 10.1 Å². The molecule has 0 spiro atoms. The third-order valence-electron chi connectivity index (χ3n) is 4.82. The number of carbonyl (C=O) groups is 2. The number of anilines is 1. The molecule has 1 N–H and O–H groups in total. The van der Waals surface area contributed by atoms with Crippen LogP contribution in [0.25, 0.3) is 0 Å². The van der Waals surface area contributed by atoms with Crippen LogP contribution in [0.2, 0.25) is 0 Å². The first kappa shape index (κ1) is 18.6. The van der Waals surface area contributed by atoms with Crippen LogP contribution in [0, 0.1) is 23.1 Å². The van der Waals surface area contributed by atoms with E-state index < -0.39 is 0 Å². The maximum absolute atomic E-state index is 13.7. The standard InChI is InChI=1S/C21H20FN3O2/c22-18-7-3-1-5-16(18)13-20(26)25-11-9-15(10-12-25)21(27)24-19-8-4-2-6-17(19)14-23/h1-8,15H,9-13H2,(H,24,27). The summed E-state index contributed by atoms with van der Waals surface area (Å²) < 4.78 is 13.7. The van der Waals surface area contributed by atoms with E-state index in [2.05, 4.69) is 11.4 Å². The lowest BCUT2D eigenvalue weighted by molar-refractivity contribution is -0.133. The summed E-state index contributed by atoms with van der Waals surface area (Å²) in [5.74, 6) is -0.863. The summed E-state index contributed by atoms with van der Waals surface area (Å²) in [6, 6.07) is 15.2. The van der Waals surface area contributed by atoms with Crippen molar-refractivity contribution in [3.8, 4) is 6.07 Å². The number of para-hydroxylation sites is 1. The molecule has 0 radical (unpaired) electrons. The molecule has 5 nitrogen and oxygen atoms in total. The molecule has 1 saturated heterocycles. The van der Waals surface area contributed by atoms with Crippen LogP contribution >= 0.6 is 0 Å². The van der Waals surface area contributed by atoms with Gasteiger partial charge in [-0.15, -0.1) is 0 Å². The Morgan fingerprint density at radius 1 is 1.11 bits per heavy atom. The highest BCUT2D eigenvalue weighted by Gasteiger charge is 2.28. The smallest absolute Gasteiger partial charge is 0.227 e. The summed E-state index contributed by atoms with van der Waals surface area (Å²) in [6.07, 6.45) is 1.12. The number of halogens is 1. The molecule has 3 rings (SSSR count). The Morgan fingerprint density at radius 3 is 2.48 bits per heavy atom. The SMILES string of the molecule is N#Cc1ccccc1NC(=O)C1CCN(C(=O)Cc2ccccc2F)CC1. The van der Waals surface area contributed by atoms with E-state index in [1.165, 1.54) is 6.07 Å². The number of hydrogen-bond donors (Lipinski definition) is 1. The third-order valence-corrected chi connectivity index (χ3v) is 4.82. The number of nitrogens with one attached hydrogen (secondary N) is 1. The van der Waals surface area contributed by atoms with Crippen molar-refractivity contribution in [1.82, 2.24) is 4.90 Å². The fourth-order valence-corrected chi connectivity index (χ4v) is 3.23. The zero-order valence-electron chi connectivity index (χ0n) is 14.8. The minimum Gasteiger partial charge on any atom is -0.342 e. The predicted octanol–water partition coefficient (Wildman–Crippen LogP) is 3.12. The van der Waals surface area contributed by atoms with Gasteiger partial charge in [-0.05, 0) is 36.6 Å². The van der Waals surface area contributed by atoms with Crippen LogP contribution in [-0.4, -0.2) is 29.8 Å². The Labute approximate surface area is 157 Å². The van der Waals surface area contributed by atoms with Gasteiger partial charge in [0, 0.05) is 19.0 Å². The summed E-state index contributed by atoms with van der Waals surface area (Å²) in [5, 5.41) is 11.9. The topological polar surface area (TPSA) is 73.2 Å². The zero-order chi connectivity index (χ0) is 19.2. The number of rotatable bonds is 4. The summed E-state index contributed by atoms with van der Waals surface area (Å²) in [7, 11) is 0. The van der Waals surface area contributed by atoms with Gasteiger partial charge >= 0.3 is 0 Å². The molecule has 1 aliphatic heterocycles. The van der Waals surface area contributed by atoms with E-state index in [1.807, 2.05) is 0 Å². The second-order valence-electron chi connectivity index (χ2n) is 6.57. The minimum absolute atomic E-state index is 0.0269. The maximum atomic E-state index is 13.7. The molecule has 138 valence electrons. The van der Waals surface area contributed by atoms with E-state index >= 15 is 0 Å². The predicted molar refractivity (Wildman–Crippen MR) is 99.2 cm³/mol. The third kappa shape index (κ3) is 4.50. The molecule has 2 aromatic carbocycles. The molecule has 0 saturated carbocycles. The van der Waals surface area contributed by atoms with Crippen molar-refractivity contribution in [3.05, 3.63) is 65.5 Å². The Balaban J connectivity index is 1.54. The number of piperidine rings is 1. The molecule has 1 aliphatic rings. The molecule has 0 aromatic heterocycles. The number of carbonyl (C=O) groups excluding carboxylic acids is 2. The highest BCUT2D eigenvalue weighted by molar-refractivity contribution is 5.94. The van der Waals surface area contributed by atoms with Crippen molar-refractivity contribution in [3.63, 3.8) is 0 Å². The fourth-order valence-electron chi connectivity index (χ4n) is 3.23. The Bertz CT molecular complexity index is 883. The number of hydrogen-bond acceptors (Lipinski definition) is 3. The normalized spacial score (nSPS) is 14.4. The van der Waals surface area contributed by atoms with Crippen LogP contribution in [0.5, 0.6) is 0 Å². The van der Waals surface area contributed by atoms with Gasteiger partial charge in [0.25, 0.3) is 0 Å². The highest BCUT2D eigenvalue weighted by Crippen LogP contribution is 2.22. The van der Waals surface area contributed by atoms with E-state index in [9.17, 15) is 14.0 Å². The van der Waals surface area contributed by atoms with E-state index in [0.29, 0.717) is 42.7 Å². The second-order valence-corrected chi connectivity index (χ2v) is 6.57. The highest BCUT2D eigenvalue weighted by atomic mass is 19.1. The average Bonchev–Trinajstić information content (AvgIpc) is 2.70. The van der Waals surface area contributed by atoms with Crippen molar-refractivity contribution in [2.75, 3.05) is 18.4 Å². The average molecular weight is 365 g/mol. The fraction of sp³-hybridized carbons (Fsp3) is 0.286.